The minimum atomic E-state index is -3.93. The molecule has 0 unspecified atom stereocenters. The summed E-state index contributed by atoms with van der Waals surface area (Å²) in [6, 6.07) is 18.7. The fourth-order valence-electron chi connectivity index (χ4n) is 6.20. The molecule has 3 aliphatic rings. The van der Waals surface area contributed by atoms with Crippen LogP contribution in [0.4, 0.5) is 10.1 Å². The Kier molecular flexibility index (Phi) is 9.36. The lowest BCUT2D eigenvalue weighted by Crippen LogP contribution is -2.59. The third-order valence-corrected chi connectivity index (χ3v) is 11.7. The van der Waals surface area contributed by atoms with Gasteiger partial charge in [-0.05, 0) is 79.1 Å². The normalized spacial score (nSPS) is 22.4. The molecule has 3 fully saturated rings. The summed E-state index contributed by atoms with van der Waals surface area (Å²) in [5.41, 5.74) is 1.36. The van der Waals surface area contributed by atoms with Crippen molar-refractivity contribution in [3.63, 3.8) is 0 Å². The molecule has 4 atom stereocenters. The summed E-state index contributed by atoms with van der Waals surface area (Å²) in [6.45, 7) is -0.142. The molecule has 244 valence electrons. The Labute approximate surface area is 279 Å². The number of benzene rings is 3. The van der Waals surface area contributed by atoms with Crippen LogP contribution in [0, 0.1) is 11.7 Å². The van der Waals surface area contributed by atoms with E-state index in [0.29, 0.717) is 34.0 Å². The predicted molar refractivity (Wildman–Crippen MR) is 176 cm³/mol. The zero-order valence-electron chi connectivity index (χ0n) is 25.6. The van der Waals surface area contributed by atoms with Crippen LogP contribution in [-0.4, -0.2) is 68.1 Å². The van der Waals surface area contributed by atoms with E-state index in [0.717, 1.165) is 12.8 Å². The molecule has 0 aromatic heterocycles. The first-order valence-electron chi connectivity index (χ1n) is 15.4. The summed E-state index contributed by atoms with van der Waals surface area (Å²) >= 11 is 12.7. The topological polar surface area (TPSA) is 87.2 Å². The zero-order chi connectivity index (χ0) is 32.7. The maximum absolute atomic E-state index is 15.3. The number of para-hydroxylation sites is 1. The second-order valence-corrected chi connectivity index (χ2v) is 15.5. The number of morpholine rings is 1. The van der Waals surface area contributed by atoms with Gasteiger partial charge in [0.1, 0.15) is 18.0 Å². The van der Waals surface area contributed by atoms with E-state index in [1.165, 1.54) is 27.4 Å². The Morgan fingerprint density at radius 1 is 0.957 bits per heavy atom. The number of hydrogen-bond donors (Lipinski definition) is 0. The van der Waals surface area contributed by atoms with E-state index in [4.69, 9.17) is 27.9 Å². The van der Waals surface area contributed by atoms with Gasteiger partial charge in [-0.25, -0.2) is 12.8 Å². The van der Waals surface area contributed by atoms with Crippen molar-refractivity contribution in [3.8, 4) is 0 Å². The first-order valence-corrected chi connectivity index (χ1v) is 17.7. The molecule has 6 rings (SSSR count). The summed E-state index contributed by atoms with van der Waals surface area (Å²) in [5, 5.41) is 0.372. The smallest absolute Gasteiger partial charge is 0.253 e. The van der Waals surface area contributed by atoms with Crippen molar-refractivity contribution in [2.75, 3.05) is 24.9 Å². The van der Waals surface area contributed by atoms with Gasteiger partial charge in [-0.2, -0.15) is 0 Å². The van der Waals surface area contributed by atoms with E-state index < -0.39 is 51.3 Å². The number of anilines is 1. The molecule has 0 spiro atoms. The zero-order valence-corrected chi connectivity index (χ0v) is 27.9. The van der Waals surface area contributed by atoms with E-state index >= 15 is 4.39 Å². The molecule has 1 heterocycles. The first-order chi connectivity index (χ1) is 22.0. The van der Waals surface area contributed by atoms with Crippen LogP contribution in [0.1, 0.15) is 55.4 Å². The number of sulfonamides is 1. The summed E-state index contributed by atoms with van der Waals surface area (Å²) < 4.78 is 50.9. The van der Waals surface area contributed by atoms with E-state index in [1.807, 2.05) is 18.2 Å². The van der Waals surface area contributed by atoms with E-state index in [1.54, 1.807) is 55.4 Å². The molecule has 2 saturated carbocycles. The van der Waals surface area contributed by atoms with Crippen molar-refractivity contribution in [2.24, 2.45) is 5.92 Å². The molecular formula is C34H36Cl2FN3O5S. The van der Waals surface area contributed by atoms with Crippen molar-refractivity contribution in [2.45, 2.75) is 61.6 Å². The van der Waals surface area contributed by atoms with Gasteiger partial charge in [0, 0.05) is 24.1 Å². The highest BCUT2D eigenvalue weighted by atomic mass is 35.5. The van der Waals surface area contributed by atoms with Gasteiger partial charge in [-0.3, -0.25) is 13.9 Å². The Morgan fingerprint density at radius 3 is 2.26 bits per heavy atom. The van der Waals surface area contributed by atoms with Crippen molar-refractivity contribution < 1.29 is 27.1 Å². The summed E-state index contributed by atoms with van der Waals surface area (Å²) in [6.07, 6.45) is 0.405. The SMILES string of the molecule is CN(C)C(=O)C[C@@H]1O[C@H](c2cccc(Cl)c2)[C@@H](c2ccc(Cl)cc2)N([C@H](CN(c2ccccc2F)S(=O)(=O)C2CC2)C2CC2)C1=O. The van der Waals surface area contributed by atoms with Crippen LogP contribution in [0.25, 0.3) is 0 Å². The number of hydrogen-bond acceptors (Lipinski definition) is 5. The monoisotopic (exact) mass is 687 g/mol. The highest BCUT2D eigenvalue weighted by molar-refractivity contribution is 7.93. The number of halogens is 3. The number of ether oxygens (including phenoxy) is 1. The molecule has 0 radical (unpaired) electrons. The van der Waals surface area contributed by atoms with Gasteiger partial charge in [0.25, 0.3) is 5.91 Å². The highest BCUT2D eigenvalue weighted by Gasteiger charge is 2.52. The average Bonchev–Trinajstić information content (AvgIpc) is 3.93. The highest BCUT2D eigenvalue weighted by Crippen LogP contribution is 2.49. The van der Waals surface area contributed by atoms with Gasteiger partial charge >= 0.3 is 0 Å². The summed E-state index contributed by atoms with van der Waals surface area (Å²) in [7, 11) is -0.712. The van der Waals surface area contributed by atoms with Crippen molar-refractivity contribution in [1.82, 2.24) is 9.80 Å². The van der Waals surface area contributed by atoms with E-state index in [2.05, 4.69) is 0 Å². The molecule has 1 aliphatic heterocycles. The molecule has 3 aromatic rings. The van der Waals surface area contributed by atoms with E-state index in [9.17, 15) is 18.0 Å². The maximum Gasteiger partial charge on any atom is 0.253 e. The van der Waals surface area contributed by atoms with Gasteiger partial charge in [-0.15, -0.1) is 0 Å². The summed E-state index contributed by atoms with van der Waals surface area (Å²) in [4.78, 5) is 30.8. The van der Waals surface area contributed by atoms with Crippen molar-refractivity contribution in [1.29, 1.82) is 0 Å². The molecule has 12 heteroatoms. The van der Waals surface area contributed by atoms with Gasteiger partial charge in [0.05, 0.1) is 36.0 Å². The van der Waals surface area contributed by atoms with Crippen LogP contribution in [0.5, 0.6) is 0 Å². The average molecular weight is 689 g/mol. The Bertz CT molecular complexity index is 1720. The van der Waals surface area contributed by atoms with E-state index in [-0.39, 0.29) is 30.5 Å². The van der Waals surface area contributed by atoms with Gasteiger partial charge < -0.3 is 14.5 Å². The van der Waals surface area contributed by atoms with Crippen LogP contribution in [-0.2, 0) is 24.3 Å². The fraction of sp³-hybridized carbons (Fsp3) is 0.412. The first kappa shape index (κ1) is 32.7. The molecule has 1 saturated heterocycles. The Balaban J connectivity index is 1.51. The molecule has 8 nitrogen and oxygen atoms in total. The van der Waals surface area contributed by atoms with Crippen LogP contribution in [0.3, 0.4) is 0 Å². The quantitative estimate of drug-likeness (QED) is 0.233. The Hall–Kier alpha value is -3.18. The number of carbonyl (C=O) groups excluding carboxylic acids is 2. The number of nitrogens with zero attached hydrogens (tertiary/aromatic N) is 3. The lowest BCUT2D eigenvalue weighted by Gasteiger charge is -2.49. The number of amides is 2. The molecular weight excluding hydrogens is 652 g/mol. The second kappa shape index (κ2) is 13.1. The fourth-order valence-corrected chi connectivity index (χ4v) is 8.40. The molecule has 2 amide bonds. The molecule has 0 bridgehead atoms. The Morgan fingerprint density at radius 2 is 1.65 bits per heavy atom. The maximum atomic E-state index is 15.3. The molecule has 46 heavy (non-hydrogen) atoms. The lowest BCUT2D eigenvalue weighted by atomic mass is 9.89. The van der Waals surface area contributed by atoms with Crippen molar-refractivity contribution >= 4 is 50.7 Å². The standard InChI is InChI=1S/C34H36Cl2FN3O5S/c1-38(2)31(41)19-30-34(42)40(32(22-12-14-24(35)15-13-22)33(45-30)23-6-5-7-25(36)18-23)29(21-10-11-21)20-39(46(43,44)26-16-17-26)28-9-4-3-8-27(28)37/h3-9,12-15,18,21,26,29-30,32-33H,10-11,16-17,19-20H2,1-2H3/t29-,30+,32-,33-/m1/s1. The van der Waals surface area contributed by atoms with Gasteiger partial charge in [0.2, 0.25) is 15.9 Å². The second-order valence-electron chi connectivity index (χ2n) is 12.5. The predicted octanol–water partition coefficient (Wildman–Crippen LogP) is 6.40. The van der Waals surface area contributed by atoms with Crippen molar-refractivity contribution in [3.05, 3.63) is 99.8 Å². The van der Waals surface area contributed by atoms with Crippen LogP contribution < -0.4 is 4.31 Å². The summed E-state index contributed by atoms with van der Waals surface area (Å²) in [5.74, 6) is -1.43. The van der Waals surface area contributed by atoms with Gasteiger partial charge in [0.15, 0.2) is 0 Å². The van der Waals surface area contributed by atoms with Crippen LogP contribution >= 0.6 is 23.2 Å². The third-order valence-electron chi connectivity index (χ3n) is 8.93. The minimum absolute atomic E-state index is 0.0467. The lowest BCUT2D eigenvalue weighted by molar-refractivity contribution is -0.182. The third kappa shape index (κ3) is 6.76. The van der Waals surface area contributed by atoms with Crippen LogP contribution in [0.2, 0.25) is 10.0 Å². The minimum Gasteiger partial charge on any atom is -0.357 e. The van der Waals surface area contributed by atoms with Gasteiger partial charge in [-0.1, -0.05) is 59.6 Å². The van der Waals surface area contributed by atoms with Crippen LogP contribution in [0.15, 0.2) is 72.8 Å². The molecule has 0 N–H and O–H groups in total. The number of rotatable bonds is 11. The molecule has 3 aromatic carbocycles. The largest absolute Gasteiger partial charge is 0.357 e. The molecule has 2 aliphatic carbocycles. The number of carbonyl (C=O) groups is 2.